The molecule has 0 spiro atoms. The fourth-order valence-corrected chi connectivity index (χ4v) is 3.04. The highest BCUT2D eigenvalue weighted by molar-refractivity contribution is 7.83. The molecule has 0 radical (unpaired) electrons. The molecule has 0 bridgehead atoms. The van der Waals surface area contributed by atoms with Crippen molar-refractivity contribution in [1.82, 2.24) is 5.16 Å². The molecule has 0 saturated heterocycles. The fourth-order valence-electron chi connectivity index (χ4n) is 1.82. The SMILES string of the molecule is Cc1ccc(C)c(CS(=O)Cc2cc(C)no2)c1. The predicted octanol–water partition coefficient (Wildman–Crippen LogP) is 3.05. The minimum atomic E-state index is -0.961. The maximum atomic E-state index is 12.1. The zero-order valence-corrected chi connectivity index (χ0v) is 11.7. The Morgan fingerprint density at radius 1 is 1.17 bits per heavy atom. The van der Waals surface area contributed by atoms with Crippen LogP contribution < -0.4 is 0 Å². The lowest BCUT2D eigenvalue weighted by Gasteiger charge is -2.06. The van der Waals surface area contributed by atoms with Gasteiger partial charge in [-0.15, -0.1) is 0 Å². The van der Waals surface area contributed by atoms with Gasteiger partial charge in [-0.05, 0) is 31.9 Å². The van der Waals surface area contributed by atoms with Crippen LogP contribution in [0.15, 0.2) is 28.8 Å². The van der Waals surface area contributed by atoms with Gasteiger partial charge < -0.3 is 4.52 Å². The quantitative estimate of drug-likeness (QED) is 0.851. The average Bonchev–Trinajstić information content (AvgIpc) is 2.69. The van der Waals surface area contributed by atoms with E-state index >= 15 is 0 Å². The average molecular weight is 263 g/mol. The maximum Gasteiger partial charge on any atom is 0.149 e. The Balaban J connectivity index is 2.05. The van der Waals surface area contributed by atoms with E-state index in [2.05, 4.69) is 23.4 Å². The van der Waals surface area contributed by atoms with Gasteiger partial charge in [-0.2, -0.15) is 0 Å². The van der Waals surface area contributed by atoms with E-state index in [9.17, 15) is 4.21 Å². The molecule has 0 aliphatic carbocycles. The van der Waals surface area contributed by atoms with Gasteiger partial charge >= 0.3 is 0 Å². The van der Waals surface area contributed by atoms with Gasteiger partial charge in [-0.1, -0.05) is 28.9 Å². The second-order valence-electron chi connectivity index (χ2n) is 4.59. The van der Waals surface area contributed by atoms with Crippen LogP contribution in [0.3, 0.4) is 0 Å². The summed E-state index contributed by atoms with van der Waals surface area (Å²) in [6.07, 6.45) is 0. The minimum Gasteiger partial charge on any atom is -0.360 e. The van der Waals surface area contributed by atoms with Gasteiger partial charge in [-0.25, -0.2) is 0 Å². The topological polar surface area (TPSA) is 43.1 Å². The zero-order chi connectivity index (χ0) is 13.1. The van der Waals surface area contributed by atoms with E-state index in [4.69, 9.17) is 4.52 Å². The minimum absolute atomic E-state index is 0.425. The molecule has 96 valence electrons. The van der Waals surface area contributed by atoms with E-state index in [-0.39, 0.29) is 0 Å². The van der Waals surface area contributed by atoms with Crippen molar-refractivity contribution in [2.24, 2.45) is 0 Å². The molecule has 1 unspecified atom stereocenters. The van der Waals surface area contributed by atoms with E-state index in [1.807, 2.05) is 26.8 Å². The summed E-state index contributed by atoms with van der Waals surface area (Å²) in [5.41, 5.74) is 4.35. The smallest absolute Gasteiger partial charge is 0.149 e. The van der Waals surface area contributed by atoms with Crippen molar-refractivity contribution >= 4 is 10.8 Å². The van der Waals surface area contributed by atoms with E-state index in [0.717, 1.165) is 11.3 Å². The first-order chi connectivity index (χ1) is 8.54. The van der Waals surface area contributed by atoms with E-state index in [1.165, 1.54) is 11.1 Å². The van der Waals surface area contributed by atoms with Gasteiger partial charge in [0.1, 0.15) is 5.76 Å². The summed E-state index contributed by atoms with van der Waals surface area (Å²) in [7, 11) is -0.961. The first-order valence-corrected chi connectivity index (χ1v) is 7.36. The molecule has 1 heterocycles. The lowest BCUT2D eigenvalue weighted by atomic mass is 10.1. The number of hydrogen-bond donors (Lipinski definition) is 0. The van der Waals surface area contributed by atoms with Gasteiger partial charge in [0.15, 0.2) is 0 Å². The second kappa shape index (κ2) is 5.48. The highest BCUT2D eigenvalue weighted by Gasteiger charge is 2.09. The molecular formula is C14H17NO2S. The number of rotatable bonds is 4. The molecule has 0 saturated carbocycles. The maximum absolute atomic E-state index is 12.1. The second-order valence-corrected chi connectivity index (χ2v) is 6.05. The Bertz CT molecular complexity index is 575. The van der Waals surface area contributed by atoms with E-state index in [1.54, 1.807) is 0 Å². The highest BCUT2D eigenvalue weighted by Crippen LogP contribution is 2.15. The van der Waals surface area contributed by atoms with Crippen molar-refractivity contribution in [3.8, 4) is 0 Å². The summed E-state index contributed by atoms with van der Waals surface area (Å²) in [5.74, 6) is 1.68. The predicted molar refractivity (Wildman–Crippen MR) is 72.7 cm³/mol. The molecular weight excluding hydrogens is 246 g/mol. The van der Waals surface area contributed by atoms with Crippen molar-refractivity contribution in [3.05, 3.63) is 52.4 Å². The Morgan fingerprint density at radius 2 is 1.94 bits per heavy atom. The van der Waals surface area contributed by atoms with Crippen molar-refractivity contribution in [2.45, 2.75) is 32.3 Å². The van der Waals surface area contributed by atoms with Crippen LogP contribution in [-0.4, -0.2) is 9.37 Å². The molecule has 0 aliphatic heterocycles. The van der Waals surface area contributed by atoms with Crippen LogP contribution in [0.25, 0.3) is 0 Å². The number of nitrogens with zero attached hydrogens (tertiary/aromatic N) is 1. The third kappa shape index (κ3) is 3.29. The summed E-state index contributed by atoms with van der Waals surface area (Å²) in [6, 6.07) is 8.07. The normalized spacial score (nSPS) is 12.6. The molecule has 18 heavy (non-hydrogen) atoms. The molecule has 1 atom stereocenters. The largest absolute Gasteiger partial charge is 0.360 e. The lowest BCUT2D eigenvalue weighted by molar-refractivity contribution is 0.390. The Hall–Kier alpha value is -1.42. The van der Waals surface area contributed by atoms with Gasteiger partial charge in [0.2, 0.25) is 0 Å². The first-order valence-electron chi connectivity index (χ1n) is 5.88. The van der Waals surface area contributed by atoms with E-state index < -0.39 is 10.8 Å². The van der Waals surface area contributed by atoms with Crippen LogP contribution in [0.5, 0.6) is 0 Å². The van der Waals surface area contributed by atoms with Crippen molar-refractivity contribution in [2.75, 3.05) is 0 Å². The van der Waals surface area contributed by atoms with Crippen LogP contribution in [0, 0.1) is 20.8 Å². The van der Waals surface area contributed by atoms with Crippen molar-refractivity contribution in [1.29, 1.82) is 0 Å². The summed E-state index contributed by atoms with van der Waals surface area (Å²) in [6.45, 7) is 5.96. The molecule has 3 nitrogen and oxygen atoms in total. The van der Waals surface area contributed by atoms with Gasteiger partial charge in [0.05, 0.1) is 11.4 Å². The van der Waals surface area contributed by atoms with Gasteiger partial charge in [0, 0.05) is 22.6 Å². The van der Waals surface area contributed by atoms with Crippen LogP contribution in [0.1, 0.15) is 28.1 Å². The number of benzene rings is 1. The van der Waals surface area contributed by atoms with Crippen LogP contribution in [-0.2, 0) is 22.3 Å². The molecule has 1 aromatic carbocycles. The Labute approximate surface area is 110 Å². The van der Waals surface area contributed by atoms with Crippen LogP contribution >= 0.6 is 0 Å². The number of aryl methyl sites for hydroxylation is 3. The molecule has 2 aromatic rings. The monoisotopic (exact) mass is 263 g/mol. The third-order valence-corrected chi connectivity index (χ3v) is 4.04. The zero-order valence-electron chi connectivity index (χ0n) is 10.9. The van der Waals surface area contributed by atoms with Crippen LogP contribution in [0.2, 0.25) is 0 Å². The van der Waals surface area contributed by atoms with Crippen molar-refractivity contribution < 1.29 is 8.73 Å². The molecule has 2 rings (SSSR count). The van der Waals surface area contributed by atoms with Gasteiger partial charge in [-0.3, -0.25) is 4.21 Å². The molecule has 4 heteroatoms. The standard InChI is InChI=1S/C14H17NO2S/c1-10-4-5-11(2)13(6-10)8-18(16)9-14-7-12(3)15-17-14/h4-7H,8-9H2,1-3H3. The summed E-state index contributed by atoms with van der Waals surface area (Å²) < 4.78 is 17.2. The fraction of sp³-hybridized carbons (Fsp3) is 0.357. The molecule has 0 aliphatic rings. The first kappa shape index (κ1) is 13.0. The Morgan fingerprint density at radius 3 is 2.61 bits per heavy atom. The summed E-state index contributed by atoms with van der Waals surface area (Å²) in [5, 5.41) is 3.80. The molecule has 0 amide bonds. The lowest BCUT2D eigenvalue weighted by Crippen LogP contribution is -2.01. The molecule has 1 aromatic heterocycles. The Kier molecular flexibility index (Phi) is 3.97. The van der Waals surface area contributed by atoms with E-state index in [0.29, 0.717) is 17.3 Å². The molecule has 0 N–H and O–H groups in total. The highest BCUT2D eigenvalue weighted by atomic mass is 32.2. The number of hydrogen-bond acceptors (Lipinski definition) is 3. The van der Waals surface area contributed by atoms with Crippen LogP contribution in [0.4, 0.5) is 0 Å². The third-order valence-electron chi connectivity index (χ3n) is 2.80. The number of aromatic nitrogens is 1. The summed E-state index contributed by atoms with van der Waals surface area (Å²) >= 11 is 0. The molecule has 0 fully saturated rings. The summed E-state index contributed by atoms with van der Waals surface area (Å²) in [4.78, 5) is 0. The van der Waals surface area contributed by atoms with Gasteiger partial charge in [0.25, 0.3) is 0 Å². The van der Waals surface area contributed by atoms with Crippen molar-refractivity contribution in [3.63, 3.8) is 0 Å².